The summed E-state index contributed by atoms with van der Waals surface area (Å²) in [5.41, 5.74) is 0. The van der Waals surface area contributed by atoms with Gasteiger partial charge in [-0.2, -0.15) is 0 Å². The van der Waals surface area contributed by atoms with Crippen LogP contribution in [-0.2, 0) is 0 Å². The molecule has 0 aliphatic carbocycles. The van der Waals surface area contributed by atoms with Crippen LogP contribution in [0.3, 0.4) is 0 Å². The molecule has 2 atom stereocenters. The molecule has 2 saturated heterocycles. The van der Waals surface area contributed by atoms with Gasteiger partial charge in [0.25, 0.3) is 0 Å². The smallest absolute Gasteiger partial charge is 0.0658 e. The van der Waals surface area contributed by atoms with Gasteiger partial charge in [0.15, 0.2) is 0 Å². The van der Waals surface area contributed by atoms with Crippen molar-refractivity contribution >= 4 is 11.8 Å². The summed E-state index contributed by atoms with van der Waals surface area (Å²) in [4.78, 5) is 3.02. The van der Waals surface area contributed by atoms with Crippen LogP contribution in [0.15, 0.2) is 0 Å². The first-order valence-corrected chi connectivity index (χ1v) is 7.34. The van der Waals surface area contributed by atoms with Crippen molar-refractivity contribution in [1.29, 1.82) is 0 Å². The van der Waals surface area contributed by atoms with Crippen LogP contribution in [0.25, 0.3) is 0 Å². The SMILES string of the molecule is CCN1CCCC2(CC1)NCC(C)CS2. The number of nitrogens with one attached hydrogen (secondary N) is 1. The molecule has 2 fully saturated rings. The Balaban J connectivity index is 1.91. The van der Waals surface area contributed by atoms with Crippen molar-refractivity contribution in [2.75, 3.05) is 31.9 Å². The van der Waals surface area contributed by atoms with Crippen LogP contribution in [0, 0.1) is 5.92 Å². The van der Waals surface area contributed by atoms with Crippen LogP contribution in [0.2, 0.25) is 0 Å². The lowest BCUT2D eigenvalue weighted by Crippen LogP contribution is -2.49. The van der Waals surface area contributed by atoms with Gasteiger partial charge in [0.2, 0.25) is 0 Å². The zero-order valence-corrected chi connectivity index (χ0v) is 10.9. The first-order chi connectivity index (χ1) is 7.24. The van der Waals surface area contributed by atoms with Crippen molar-refractivity contribution in [2.24, 2.45) is 5.92 Å². The Morgan fingerprint density at radius 3 is 2.93 bits per heavy atom. The largest absolute Gasteiger partial charge is 0.304 e. The monoisotopic (exact) mass is 228 g/mol. The Bertz CT molecular complexity index is 200. The topological polar surface area (TPSA) is 15.3 Å². The lowest BCUT2D eigenvalue weighted by molar-refractivity contribution is 0.292. The Labute approximate surface area is 98.2 Å². The molecule has 1 spiro atoms. The number of rotatable bonds is 1. The fourth-order valence-electron chi connectivity index (χ4n) is 2.57. The number of hydrogen-bond donors (Lipinski definition) is 1. The molecular weight excluding hydrogens is 204 g/mol. The van der Waals surface area contributed by atoms with E-state index < -0.39 is 0 Å². The average molecular weight is 228 g/mol. The minimum absolute atomic E-state index is 0.427. The first kappa shape index (κ1) is 11.7. The molecule has 0 bridgehead atoms. The third-order valence-electron chi connectivity index (χ3n) is 3.75. The minimum Gasteiger partial charge on any atom is -0.304 e. The minimum atomic E-state index is 0.427. The maximum Gasteiger partial charge on any atom is 0.0658 e. The summed E-state index contributed by atoms with van der Waals surface area (Å²) in [7, 11) is 0. The predicted octanol–water partition coefficient (Wildman–Crippen LogP) is 2.16. The molecular formula is C12H24N2S. The Morgan fingerprint density at radius 2 is 2.27 bits per heavy atom. The number of nitrogens with zero attached hydrogens (tertiary/aromatic N) is 1. The van der Waals surface area contributed by atoms with Crippen LogP contribution >= 0.6 is 11.8 Å². The van der Waals surface area contributed by atoms with Crippen molar-refractivity contribution in [3.05, 3.63) is 0 Å². The lowest BCUT2D eigenvalue weighted by atomic mass is 10.1. The number of thioether (sulfide) groups is 1. The standard InChI is InChI=1S/C12H24N2S/c1-3-14-7-4-5-12(6-8-14)13-9-11(2)10-15-12/h11,13H,3-10H2,1-2H3. The van der Waals surface area contributed by atoms with Crippen molar-refractivity contribution in [3.8, 4) is 0 Å². The van der Waals surface area contributed by atoms with Gasteiger partial charge in [-0.05, 0) is 50.6 Å². The average Bonchev–Trinajstić information content (AvgIpc) is 2.46. The number of likely N-dealkylation sites (tertiary alicyclic amines) is 1. The van der Waals surface area contributed by atoms with E-state index in [2.05, 4.69) is 35.8 Å². The molecule has 2 unspecified atom stereocenters. The third kappa shape index (κ3) is 2.89. The molecule has 0 saturated carbocycles. The van der Waals surface area contributed by atoms with Gasteiger partial charge in [0.05, 0.1) is 4.87 Å². The van der Waals surface area contributed by atoms with Gasteiger partial charge in [-0.3, -0.25) is 0 Å². The third-order valence-corrected chi connectivity index (χ3v) is 5.59. The molecule has 2 aliphatic rings. The molecule has 2 nitrogen and oxygen atoms in total. The zero-order valence-electron chi connectivity index (χ0n) is 10.1. The van der Waals surface area contributed by atoms with Crippen LogP contribution in [0.5, 0.6) is 0 Å². The molecule has 0 aromatic heterocycles. The highest BCUT2D eigenvalue weighted by atomic mass is 32.2. The Morgan fingerprint density at radius 1 is 1.40 bits per heavy atom. The molecule has 0 aromatic carbocycles. The van der Waals surface area contributed by atoms with Gasteiger partial charge in [-0.1, -0.05) is 13.8 Å². The van der Waals surface area contributed by atoms with Gasteiger partial charge in [0.1, 0.15) is 0 Å². The van der Waals surface area contributed by atoms with Gasteiger partial charge in [-0.15, -0.1) is 11.8 Å². The lowest BCUT2D eigenvalue weighted by Gasteiger charge is -2.39. The maximum atomic E-state index is 3.81. The maximum absolute atomic E-state index is 3.81. The summed E-state index contributed by atoms with van der Waals surface area (Å²) in [6.07, 6.45) is 4.06. The molecule has 2 heterocycles. The van der Waals surface area contributed by atoms with E-state index in [9.17, 15) is 0 Å². The highest BCUT2D eigenvalue weighted by Gasteiger charge is 2.35. The van der Waals surface area contributed by atoms with E-state index in [-0.39, 0.29) is 0 Å². The van der Waals surface area contributed by atoms with Crippen LogP contribution in [0.4, 0.5) is 0 Å². The van der Waals surface area contributed by atoms with Crippen molar-refractivity contribution in [3.63, 3.8) is 0 Å². The summed E-state index contributed by atoms with van der Waals surface area (Å²) in [5, 5.41) is 3.81. The second-order valence-corrected chi connectivity index (χ2v) is 6.48. The summed E-state index contributed by atoms with van der Waals surface area (Å²) < 4.78 is 0. The first-order valence-electron chi connectivity index (χ1n) is 6.35. The van der Waals surface area contributed by atoms with Crippen molar-refractivity contribution in [2.45, 2.75) is 38.0 Å². The van der Waals surface area contributed by atoms with Crippen LogP contribution in [-0.4, -0.2) is 41.7 Å². The van der Waals surface area contributed by atoms with E-state index in [0.717, 1.165) is 5.92 Å². The predicted molar refractivity (Wildman–Crippen MR) is 68.3 cm³/mol. The fourth-order valence-corrected chi connectivity index (χ4v) is 4.00. The summed E-state index contributed by atoms with van der Waals surface area (Å²) in [6, 6.07) is 0. The summed E-state index contributed by atoms with van der Waals surface area (Å²) >= 11 is 2.18. The van der Waals surface area contributed by atoms with E-state index in [4.69, 9.17) is 0 Å². The van der Waals surface area contributed by atoms with Crippen LogP contribution in [0.1, 0.15) is 33.1 Å². The zero-order chi connectivity index (χ0) is 10.7. The Hall–Kier alpha value is 0.270. The van der Waals surface area contributed by atoms with Gasteiger partial charge in [-0.25, -0.2) is 0 Å². The normalized spacial score (nSPS) is 39.2. The second-order valence-electron chi connectivity index (χ2n) is 5.08. The summed E-state index contributed by atoms with van der Waals surface area (Å²) in [6.45, 7) is 9.65. The Kier molecular flexibility index (Phi) is 3.97. The molecule has 0 aromatic rings. The van der Waals surface area contributed by atoms with Gasteiger partial charge >= 0.3 is 0 Å². The van der Waals surface area contributed by atoms with E-state index in [1.54, 1.807) is 0 Å². The molecule has 0 amide bonds. The van der Waals surface area contributed by atoms with E-state index in [1.807, 2.05) is 0 Å². The van der Waals surface area contributed by atoms with E-state index >= 15 is 0 Å². The highest BCUT2D eigenvalue weighted by Crippen LogP contribution is 2.37. The number of hydrogen-bond acceptors (Lipinski definition) is 3. The fraction of sp³-hybridized carbons (Fsp3) is 1.00. The second kappa shape index (κ2) is 5.07. The molecule has 2 rings (SSSR count). The van der Waals surface area contributed by atoms with Gasteiger partial charge in [0, 0.05) is 6.54 Å². The van der Waals surface area contributed by atoms with Crippen LogP contribution < -0.4 is 5.32 Å². The molecule has 2 aliphatic heterocycles. The van der Waals surface area contributed by atoms with Crippen molar-refractivity contribution < 1.29 is 0 Å². The van der Waals surface area contributed by atoms with E-state index in [1.165, 1.54) is 51.2 Å². The van der Waals surface area contributed by atoms with Gasteiger partial charge < -0.3 is 10.2 Å². The molecule has 15 heavy (non-hydrogen) atoms. The quantitative estimate of drug-likeness (QED) is 0.740. The highest BCUT2D eigenvalue weighted by molar-refractivity contribution is 8.00. The van der Waals surface area contributed by atoms with Crippen molar-refractivity contribution in [1.82, 2.24) is 10.2 Å². The molecule has 0 radical (unpaired) electrons. The molecule has 1 N–H and O–H groups in total. The summed E-state index contributed by atoms with van der Waals surface area (Å²) in [5.74, 6) is 2.20. The molecule has 88 valence electrons. The van der Waals surface area contributed by atoms with E-state index in [0.29, 0.717) is 4.87 Å². The molecule has 3 heteroatoms.